The van der Waals surface area contributed by atoms with Crippen molar-refractivity contribution in [3.05, 3.63) is 71.0 Å². The van der Waals surface area contributed by atoms with Gasteiger partial charge < -0.3 is 20.5 Å². The highest BCUT2D eigenvalue weighted by molar-refractivity contribution is 5.97. The Kier molecular flexibility index (Phi) is 9.87. The fraction of sp³-hybridized carbons (Fsp3) is 0.364. The lowest BCUT2D eigenvalue weighted by atomic mass is 10.1. The molecule has 5 N–H and O–H groups in total. The zero-order valence-corrected chi connectivity index (χ0v) is 18.7. The first-order chi connectivity index (χ1) is 15.8. The average molecular weight is 457 g/mol. The SMILES string of the molecule is CC(C)C[CH]NC(=O)[C@H](CCCNC(=N)N[N+](=O)[O-])NC(=O)c1ccc(-n2cccc2)cc1. The maximum absolute atomic E-state index is 12.8. The summed E-state index contributed by atoms with van der Waals surface area (Å²) in [5.74, 6) is -0.792. The van der Waals surface area contributed by atoms with Gasteiger partial charge in [-0.3, -0.25) is 15.0 Å². The largest absolute Gasteiger partial charge is 0.352 e. The molecule has 11 heteroatoms. The van der Waals surface area contributed by atoms with Gasteiger partial charge in [0.15, 0.2) is 5.03 Å². The lowest BCUT2D eigenvalue weighted by molar-refractivity contribution is -0.525. The summed E-state index contributed by atoms with van der Waals surface area (Å²) in [6.07, 6.45) is 5.18. The van der Waals surface area contributed by atoms with Crippen molar-refractivity contribution in [2.75, 3.05) is 6.54 Å². The molecule has 1 aromatic heterocycles. The number of amides is 2. The molecule has 177 valence electrons. The summed E-state index contributed by atoms with van der Waals surface area (Å²) < 4.78 is 1.92. The molecule has 0 spiro atoms. The van der Waals surface area contributed by atoms with Crippen LogP contribution in [0.1, 0.15) is 43.5 Å². The number of nitrogens with zero attached hydrogens (tertiary/aromatic N) is 2. The van der Waals surface area contributed by atoms with Crippen molar-refractivity contribution in [2.45, 2.75) is 39.2 Å². The van der Waals surface area contributed by atoms with E-state index >= 15 is 0 Å². The number of rotatable bonds is 12. The van der Waals surface area contributed by atoms with Crippen LogP contribution < -0.4 is 21.4 Å². The van der Waals surface area contributed by atoms with E-state index in [-0.39, 0.29) is 24.8 Å². The van der Waals surface area contributed by atoms with E-state index < -0.39 is 17.0 Å². The van der Waals surface area contributed by atoms with Gasteiger partial charge in [0.1, 0.15) is 6.04 Å². The van der Waals surface area contributed by atoms with Crippen LogP contribution in [0.25, 0.3) is 5.69 Å². The van der Waals surface area contributed by atoms with E-state index in [9.17, 15) is 19.7 Å². The molecule has 0 aliphatic rings. The summed E-state index contributed by atoms with van der Waals surface area (Å²) >= 11 is 0. The van der Waals surface area contributed by atoms with Gasteiger partial charge in [0.25, 0.3) is 11.9 Å². The molecule has 2 aromatic rings. The first-order valence-corrected chi connectivity index (χ1v) is 10.7. The molecule has 0 unspecified atom stereocenters. The molecule has 0 aliphatic heterocycles. The molecule has 2 amide bonds. The number of aromatic nitrogens is 1. The van der Waals surface area contributed by atoms with Crippen LogP contribution in [0.3, 0.4) is 0 Å². The van der Waals surface area contributed by atoms with Gasteiger partial charge >= 0.3 is 0 Å². The van der Waals surface area contributed by atoms with E-state index in [4.69, 9.17) is 5.41 Å². The fourth-order valence-corrected chi connectivity index (χ4v) is 2.95. The number of guanidine groups is 1. The second-order valence-corrected chi connectivity index (χ2v) is 7.82. The van der Waals surface area contributed by atoms with Crippen LogP contribution in [0.15, 0.2) is 48.8 Å². The van der Waals surface area contributed by atoms with E-state index in [0.717, 1.165) is 5.69 Å². The summed E-state index contributed by atoms with van der Waals surface area (Å²) in [4.78, 5) is 35.7. The molecule has 1 atom stereocenters. The van der Waals surface area contributed by atoms with Crippen molar-refractivity contribution in [3.8, 4) is 5.69 Å². The van der Waals surface area contributed by atoms with Crippen molar-refractivity contribution in [1.82, 2.24) is 25.9 Å². The second kappa shape index (κ2) is 12.8. The highest BCUT2D eigenvalue weighted by Gasteiger charge is 2.21. The van der Waals surface area contributed by atoms with Gasteiger partial charge in [0, 0.05) is 36.7 Å². The summed E-state index contributed by atoms with van der Waals surface area (Å²) in [7, 11) is 0. The minimum Gasteiger partial charge on any atom is -0.352 e. The van der Waals surface area contributed by atoms with E-state index in [1.807, 2.05) is 55.1 Å². The van der Waals surface area contributed by atoms with Gasteiger partial charge in [-0.2, -0.15) is 0 Å². The molecule has 33 heavy (non-hydrogen) atoms. The van der Waals surface area contributed by atoms with Gasteiger partial charge in [-0.05, 0) is 61.6 Å². The van der Waals surface area contributed by atoms with E-state index in [0.29, 0.717) is 24.3 Å². The summed E-state index contributed by atoms with van der Waals surface area (Å²) in [5, 5.41) is 24.9. The van der Waals surface area contributed by atoms with Crippen LogP contribution >= 0.6 is 0 Å². The smallest absolute Gasteiger partial charge is 0.251 e. The van der Waals surface area contributed by atoms with Crippen LogP contribution in [0.4, 0.5) is 0 Å². The van der Waals surface area contributed by atoms with E-state index in [2.05, 4.69) is 16.0 Å². The minimum absolute atomic E-state index is 0.223. The Bertz CT molecular complexity index is 927. The normalized spacial score (nSPS) is 11.5. The predicted octanol–water partition coefficient (Wildman–Crippen LogP) is 1.99. The summed E-state index contributed by atoms with van der Waals surface area (Å²) in [6.45, 7) is 5.95. The monoisotopic (exact) mass is 456 g/mol. The second-order valence-electron chi connectivity index (χ2n) is 7.82. The Morgan fingerprint density at radius 3 is 2.45 bits per heavy atom. The van der Waals surface area contributed by atoms with Gasteiger partial charge in [-0.15, -0.1) is 0 Å². The fourth-order valence-electron chi connectivity index (χ4n) is 2.95. The molecule has 0 fully saturated rings. The molecule has 1 radical (unpaired) electrons. The van der Waals surface area contributed by atoms with Gasteiger partial charge in [-0.1, -0.05) is 19.3 Å². The molecular weight excluding hydrogens is 426 g/mol. The zero-order chi connectivity index (χ0) is 24.2. The first-order valence-electron chi connectivity index (χ1n) is 10.7. The van der Waals surface area contributed by atoms with Crippen LogP contribution in [0, 0.1) is 28.0 Å². The third-order valence-electron chi connectivity index (χ3n) is 4.66. The van der Waals surface area contributed by atoms with Gasteiger partial charge in [0.2, 0.25) is 5.91 Å². The lowest BCUT2D eigenvalue weighted by Gasteiger charge is -2.19. The number of hydrogen-bond donors (Lipinski definition) is 5. The molecular formula is C22H30N7O4. The van der Waals surface area contributed by atoms with Crippen molar-refractivity contribution >= 4 is 17.8 Å². The zero-order valence-electron chi connectivity index (χ0n) is 18.7. The highest BCUT2D eigenvalue weighted by atomic mass is 16.7. The number of nitrogens with one attached hydrogen (secondary N) is 5. The quantitative estimate of drug-likeness (QED) is 0.108. The van der Waals surface area contributed by atoms with Crippen molar-refractivity contribution in [2.24, 2.45) is 5.92 Å². The van der Waals surface area contributed by atoms with Crippen LogP contribution in [-0.2, 0) is 4.79 Å². The summed E-state index contributed by atoms with van der Waals surface area (Å²) in [6, 6.07) is 10.0. The third kappa shape index (κ3) is 9.01. The number of hydrogen-bond acceptors (Lipinski definition) is 5. The Hall–Kier alpha value is -3.89. The molecule has 0 saturated carbocycles. The lowest BCUT2D eigenvalue weighted by Crippen LogP contribution is -2.46. The Morgan fingerprint density at radius 1 is 1.18 bits per heavy atom. The Labute approximate surface area is 192 Å². The van der Waals surface area contributed by atoms with Gasteiger partial charge in [-0.25, -0.2) is 10.1 Å². The maximum atomic E-state index is 12.8. The molecule has 1 aromatic carbocycles. The van der Waals surface area contributed by atoms with E-state index in [1.54, 1.807) is 24.1 Å². The topological polar surface area (TPSA) is 154 Å². The van der Waals surface area contributed by atoms with Crippen LogP contribution in [-0.4, -0.2) is 40.0 Å². The number of nitro groups is 1. The first kappa shape index (κ1) is 25.4. The van der Waals surface area contributed by atoms with Crippen molar-refractivity contribution in [3.63, 3.8) is 0 Å². The standard InChI is InChI=1S/C22H30N7O4/c1-16(2)11-13-24-21(31)19(6-5-12-25-22(23)27-29(32)33)26-20(30)17-7-9-18(10-8-17)28-14-3-4-15-28/h3-4,7-10,13-16,19H,5-6,11-12H2,1-2H3,(H,24,31)(H,26,30)(H3,23,25,27)/t19-/m0/s1. The van der Waals surface area contributed by atoms with Gasteiger partial charge in [0.05, 0.1) is 0 Å². The van der Waals surface area contributed by atoms with Crippen molar-refractivity contribution in [1.29, 1.82) is 5.41 Å². The number of benzene rings is 1. The minimum atomic E-state index is -0.835. The number of carbonyl (C=O) groups is 2. The van der Waals surface area contributed by atoms with Crippen LogP contribution in [0.2, 0.25) is 0 Å². The third-order valence-corrected chi connectivity index (χ3v) is 4.66. The number of hydrazine groups is 1. The van der Waals surface area contributed by atoms with E-state index in [1.165, 1.54) is 0 Å². The Balaban J connectivity index is 1.96. The molecule has 0 aliphatic carbocycles. The molecule has 0 bridgehead atoms. The number of carbonyl (C=O) groups excluding carboxylic acids is 2. The van der Waals surface area contributed by atoms with Crippen LogP contribution in [0.5, 0.6) is 0 Å². The molecule has 11 nitrogen and oxygen atoms in total. The highest BCUT2D eigenvalue weighted by Crippen LogP contribution is 2.11. The molecule has 2 rings (SSSR count). The summed E-state index contributed by atoms with van der Waals surface area (Å²) in [5.41, 5.74) is 3.03. The van der Waals surface area contributed by atoms with Crippen molar-refractivity contribution < 1.29 is 14.6 Å². The maximum Gasteiger partial charge on any atom is 0.251 e. The molecule has 1 heterocycles. The molecule has 0 saturated heterocycles. The average Bonchev–Trinajstić information content (AvgIpc) is 3.30. The Morgan fingerprint density at radius 2 is 1.85 bits per heavy atom. The predicted molar refractivity (Wildman–Crippen MR) is 124 cm³/mol.